The zero-order valence-electron chi connectivity index (χ0n) is 9.70. The molecular weight excluding hydrogens is 234 g/mol. The fourth-order valence-corrected chi connectivity index (χ4v) is 1.47. The normalized spacial score (nSPS) is 9.83. The molecule has 0 bridgehead atoms. The van der Waals surface area contributed by atoms with Crippen LogP contribution in [0.1, 0.15) is 0 Å². The number of methoxy groups -OCH3 is 1. The molecule has 0 aliphatic rings. The Bertz CT molecular complexity index is 554. The third-order valence-electron chi connectivity index (χ3n) is 2.33. The van der Waals surface area contributed by atoms with Crippen molar-refractivity contribution >= 4 is 5.69 Å². The third-order valence-corrected chi connectivity index (χ3v) is 2.33. The highest BCUT2D eigenvalue weighted by Gasteiger charge is 2.12. The number of hydrogen-bond acceptors (Lipinski definition) is 4. The maximum Gasteiger partial charge on any atom is 0.273 e. The minimum atomic E-state index is -0.475. The maximum absolute atomic E-state index is 10.7. The number of ether oxygens (including phenoxy) is 2. The van der Waals surface area contributed by atoms with Gasteiger partial charge in [0.1, 0.15) is 5.75 Å². The number of benzene rings is 2. The Hall–Kier alpha value is -2.56. The number of non-ortho nitro benzene ring substituents is 1. The quantitative estimate of drug-likeness (QED) is 0.611. The molecular formula is C13H11NO4. The molecule has 0 aromatic heterocycles. The zero-order valence-corrected chi connectivity index (χ0v) is 9.70. The van der Waals surface area contributed by atoms with Gasteiger partial charge in [0.25, 0.3) is 5.69 Å². The second kappa shape index (κ2) is 5.18. The molecule has 2 aromatic rings. The van der Waals surface area contributed by atoms with Crippen LogP contribution in [-0.2, 0) is 0 Å². The first-order valence-electron chi connectivity index (χ1n) is 5.26. The molecule has 0 atom stereocenters. The molecule has 0 unspecified atom stereocenters. The Morgan fingerprint density at radius 1 is 1.06 bits per heavy atom. The van der Waals surface area contributed by atoms with E-state index in [4.69, 9.17) is 9.47 Å². The van der Waals surface area contributed by atoms with Gasteiger partial charge in [-0.05, 0) is 18.2 Å². The fraction of sp³-hybridized carbons (Fsp3) is 0.0769. The van der Waals surface area contributed by atoms with Crippen LogP contribution in [0.3, 0.4) is 0 Å². The van der Waals surface area contributed by atoms with Crippen LogP contribution in [0, 0.1) is 10.1 Å². The molecule has 5 nitrogen and oxygen atoms in total. The van der Waals surface area contributed by atoms with Crippen LogP contribution in [-0.4, -0.2) is 12.0 Å². The summed E-state index contributed by atoms with van der Waals surface area (Å²) < 4.78 is 10.7. The van der Waals surface area contributed by atoms with Crippen LogP contribution in [0.5, 0.6) is 17.2 Å². The molecule has 0 saturated heterocycles. The first-order valence-corrected chi connectivity index (χ1v) is 5.26. The smallest absolute Gasteiger partial charge is 0.273 e. The second-order valence-electron chi connectivity index (χ2n) is 3.51. The van der Waals surface area contributed by atoms with Crippen LogP contribution in [0.4, 0.5) is 5.69 Å². The molecule has 0 fully saturated rings. The van der Waals surface area contributed by atoms with Crippen molar-refractivity contribution in [1.29, 1.82) is 0 Å². The monoisotopic (exact) mass is 245 g/mol. The predicted octanol–water partition coefficient (Wildman–Crippen LogP) is 3.40. The Balaban J connectivity index is 2.35. The highest BCUT2D eigenvalue weighted by molar-refractivity contribution is 5.50. The summed E-state index contributed by atoms with van der Waals surface area (Å²) in [5.41, 5.74) is -0.0401. The van der Waals surface area contributed by atoms with E-state index in [9.17, 15) is 10.1 Å². The summed E-state index contributed by atoms with van der Waals surface area (Å²) >= 11 is 0. The van der Waals surface area contributed by atoms with Crippen LogP contribution in [0.15, 0.2) is 48.5 Å². The molecule has 2 aromatic carbocycles. The molecule has 18 heavy (non-hydrogen) atoms. The first-order chi connectivity index (χ1) is 8.70. The van der Waals surface area contributed by atoms with Crippen molar-refractivity contribution < 1.29 is 14.4 Å². The van der Waals surface area contributed by atoms with Crippen molar-refractivity contribution in [1.82, 2.24) is 0 Å². The number of rotatable bonds is 4. The largest absolute Gasteiger partial charge is 0.493 e. The molecule has 0 amide bonds. The van der Waals surface area contributed by atoms with Gasteiger partial charge in [-0.15, -0.1) is 0 Å². The van der Waals surface area contributed by atoms with Gasteiger partial charge in [0, 0.05) is 6.07 Å². The Morgan fingerprint density at radius 3 is 2.39 bits per heavy atom. The molecule has 0 aliphatic heterocycles. The second-order valence-corrected chi connectivity index (χ2v) is 3.51. The van der Waals surface area contributed by atoms with Gasteiger partial charge in [-0.3, -0.25) is 10.1 Å². The highest BCUT2D eigenvalue weighted by atomic mass is 16.6. The summed E-state index contributed by atoms with van der Waals surface area (Å²) in [6, 6.07) is 13.2. The van der Waals surface area contributed by atoms with Gasteiger partial charge in [-0.1, -0.05) is 18.2 Å². The molecule has 0 heterocycles. The van der Waals surface area contributed by atoms with Gasteiger partial charge in [0.05, 0.1) is 18.1 Å². The van der Waals surface area contributed by atoms with Crippen molar-refractivity contribution in [2.75, 3.05) is 7.11 Å². The molecule has 2 rings (SSSR count). The number of hydrogen-bond donors (Lipinski definition) is 0. The highest BCUT2D eigenvalue weighted by Crippen LogP contribution is 2.34. The van der Waals surface area contributed by atoms with Crippen molar-refractivity contribution in [2.45, 2.75) is 0 Å². The molecule has 0 aliphatic carbocycles. The topological polar surface area (TPSA) is 61.6 Å². The molecule has 0 radical (unpaired) electrons. The lowest BCUT2D eigenvalue weighted by Gasteiger charge is -2.09. The van der Waals surface area contributed by atoms with Crippen molar-refractivity contribution in [2.24, 2.45) is 0 Å². The standard InChI is InChI=1S/C13H11NO4/c1-17-12-8-7-10(14(15)16)9-13(12)18-11-5-3-2-4-6-11/h2-9H,1H3. The predicted molar refractivity (Wildman–Crippen MR) is 66.2 cm³/mol. The van der Waals surface area contributed by atoms with Gasteiger partial charge in [-0.25, -0.2) is 0 Å². The van der Waals surface area contributed by atoms with E-state index in [1.807, 2.05) is 18.2 Å². The minimum Gasteiger partial charge on any atom is -0.493 e. The van der Waals surface area contributed by atoms with Crippen LogP contribution in [0.2, 0.25) is 0 Å². The Kier molecular flexibility index (Phi) is 3.43. The Morgan fingerprint density at radius 2 is 1.78 bits per heavy atom. The SMILES string of the molecule is COc1ccc([N+](=O)[O-])cc1Oc1ccccc1. The number of nitro groups is 1. The molecule has 0 N–H and O–H groups in total. The Labute approximate surface area is 104 Å². The van der Waals surface area contributed by atoms with Crippen molar-refractivity contribution in [3.63, 3.8) is 0 Å². The van der Waals surface area contributed by atoms with Gasteiger partial charge < -0.3 is 9.47 Å². The number of para-hydroxylation sites is 1. The van der Waals surface area contributed by atoms with E-state index in [2.05, 4.69) is 0 Å². The molecule has 92 valence electrons. The van der Waals surface area contributed by atoms with E-state index < -0.39 is 4.92 Å². The summed E-state index contributed by atoms with van der Waals surface area (Å²) in [4.78, 5) is 10.2. The van der Waals surface area contributed by atoms with E-state index >= 15 is 0 Å². The average molecular weight is 245 g/mol. The van der Waals surface area contributed by atoms with Gasteiger partial charge in [0.15, 0.2) is 11.5 Å². The summed E-state index contributed by atoms with van der Waals surface area (Å²) in [7, 11) is 1.49. The van der Waals surface area contributed by atoms with Gasteiger partial charge in [-0.2, -0.15) is 0 Å². The summed E-state index contributed by atoms with van der Waals surface area (Å²) in [6.45, 7) is 0. The summed E-state index contributed by atoms with van der Waals surface area (Å²) in [6.07, 6.45) is 0. The zero-order chi connectivity index (χ0) is 13.0. The van der Waals surface area contributed by atoms with Crippen molar-refractivity contribution in [3.05, 3.63) is 58.6 Å². The van der Waals surface area contributed by atoms with E-state index in [0.717, 1.165) is 0 Å². The fourth-order valence-electron chi connectivity index (χ4n) is 1.47. The average Bonchev–Trinajstić information content (AvgIpc) is 2.39. The molecule has 5 heteroatoms. The van der Waals surface area contributed by atoms with Crippen LogP contribution < -0.4 is 9.47 Å². The van der Waals surface area contributed by atoms with Crippen molar-refractivity contribution in [3.8, 4) is 17.2 Å². The van der Waals surface area contributed by atoms with E-state index in [1.54, 1.807) is 12.1 Å². The minimum absolute atomic E-state index is 0.0401. The summed E-state index contributed by atoms with van der Waals surface area (Å²) in [5, 5.41) is 10.7. The lowest BCUT2D eigenvalue weighted by atomic mass is 10.2. The van der Waals surface area contributed by atoms with E-state index in [1.165, 1.54) is 25.3 Å². The van der Waals surface area contributed by atoms with Crippen LogP contribution >= 0.6 is 0 Å². The van der Waals surface area contributed by atoms with Gasteiger partial charge in [0.2, 0.25) is 0 Å². The molecule has 0 saturated carbocycles. The maximum atomic E-state index is 10.7. The number of nitrogens with zero attached hydrogens (tertiary/aromatic N) is 1. The van der Waals surface area contributed by atoms with Gasteiger partial charge >= 0.3 is 0 Å². The lowest BCUT2D eigenvalue weighted by Crippen LogP contribution is -1.93. The summed E-state index contributed by atoms with van der Waals surface area (Å²) in [5.74, 6) is 1.36. The molecule has 0 spiro atoms. The van der Waals surface area contributed by atoms with Crippen LogP contribution in [0.25, 0.3) is 0 Å². The lowest BCUT2D eigenvalue weighted by molar-refractivity contribution is -0.384. The third kappa shape index (κ3) is 2.57. The van der Waals surface area contributed by atoms with E-state index in [-0.39, 0.29) is 5.69 Å². The first kappa shape index (κ1) is 11.9. The number of nitro benzene ring substituents is 1. The van der Waals surface area contributed by atoms with E-state index in [0.29, 0.717) is 17.2 Å².